The molecule has 4 heteroatoms. The summed E-state index contributed by atoms with van der Waals surface area (Å²) >= 11 is 18.1. The summed E-state index contributed by atoms with van der Waals surface area (Å²) in [5, 5.41) is 0.226. The first-order valence-corrected chi connectivity index (χ1v) is 7.52. The maximum Gasteiger partial charge on any atom is 0.121 e. The van der Waals surface area contributed by atoms with Crippen LogP contribution in [0.25, 0.3) is 0 Å². The van der Waals surface area contributed by atoms with Crippen LogP contribution in [0, 0.1) is 0 Å². The molecule has 0 spiro atoms. The lowest BCUT2D eigenvalue weighted by atomic mass is 10.3. The molecular weight excluding hydrogens is 245 g/mol. The van der Waals surface area contributed by atoms with Crippen LogP contribution in [-0.4, -0.2) is 27.7 Å². The van der Waals surface area contributed by atoms with Gasteiger partial charge in [-0.2, -0.15) is 0 Å². The lowest BCUT2D eigenvalue weighted by Crippen LogP contribution is -2.25. The van der Waals surface area contributed by atoms with E-state index in [1.54, 1.807) is 0 Å². The SMILES string of the molecule is CCP(CC(C)Cl)C(C)C(C)(Cl)Cl. The maximum absolute atomic E-state index is 6.08. The molecule has 0 aliphatic heterocycles. The van der Waals surface area contributed by atoms with Crippen LogP contribution in [0.4, 0.5) is 0 Å². The van der Waals surface area contributed by atoms with Crippen LogP contribution in [0.5, 0.6) is 0 Å². The van der Waals surface area contributed by atoms with Gasteiger partial charge in [0.2, 0.25) is 0 Å². The smallest absolute Gasteiger partial charge is 0.121 e. The van der Waals surface area contributed by atoms with E-state index in [9.17, 15) is 0 Å². The summed E-state index contributed by atoms with van der Waals surface area (Å²) in [6.07, 6.45) is 2.19. The molecule has 0 bridgehead atoms. The minimum atomic E-state index is -0.618. The van der Waals surface area contributed by atoms with Crippen molar-refractivity contribution in [1.29, 1.82) is 0 Å². The molecule has 0 aromatic carbocycles. The van der Waals surface area contributed by atoms with Gasteiger partial charge in [-0.3, -0.25) is 0 Å². The van der Waals surface area contributed by atoms with Crippen LogP contribution < -0.4 is 0 Å². The number of rotatable bonds is 5. The molecule has 0 aliphatic rings. The Kier molecular flexibility index (Phi) is 6.61. The lowest BCUT2D eigenvalue weighted by molar-refractivity contribution is 0.822. The summed E-state index contributed by atoms with van der Waals surface area (Å²) in [6.45, 7) is 8.19. The molecule has 0 heterocycles. The zero-order valence-corrected chi connectivity index (χ0v) is 11.8. The number of hydrogen-bond donors (Lipinski definition) is 0. The lowest BCUT2D eigenvalue weighted by Gasteiger charge is -2.31. The van der Waals surface area contributed by atoms with Crippen molar-refractivity contribution in [1.82, 2.24) is 0 Å². The van der Waals surface area contributed by atoms with E-state index in [2.05, 4.69) is 13.8 Å². The first kappa shape index (κ1) is 14.3. The van der Waals surface area contributed by atoms with E-state index >= 15 is 0 Å². The molecule has 13 heavy (non-hydrogen) atoms. The first-order chi connectivity index (χ1) is 5.79. The predicted molar refractivity (Wildman–Crippen MR) is 67.2 cm³/mol. The van der Waals surface area contributed by atoms with Crippen molar-refractivity contribution < 1.29 is 0 Å². The molecule has 0 saturated carbocycles. The second kappa shape index (κ2) is 6.01. The van der Waals surface area contributed by atoms with Crippen LogP contribution in [-0.2, 0) is 0 Å². The third-order valence-corrected chi connectivity index (χ3v) is 6.94. The molecule has 0 N–H and O–H groups in total. The Bertz CT molecular complexity index is 142. The normalized spacial score (nSPS) is 19.6. The molecule has 80 valence electrons. The van der Waals surface area contributed by atoms with E-state index in [1.807, 2.05) is 13.8 Å². The van der Waals surface area contributed by atoms with Crippen molar-refractivity contribution in [3.63, 3.8) is 0 Å². The zero-order chi connectivity index (χ0) is 10.6. The molecule has 0 amide bonds. The van der Waals surface area contributed by atoms with E-state index in [0.29, 0.717) is 5.66 Å². The van der Waals surface area contributed by atoms with Gasteiger partial charge < -0.3 is 0 Å². The summed E-state index contributed by atoms with van der Waals surface area (Å²) in [5.74, 6) is 0. The topological polar surface area (TPSA) is 0 Å². The Hall–Kier alpha value is 1.30. The third-order valence-electron chi connectivity index (χ3n) is 2.17. The molecule has 0 aromatic heterocycles. The first-order valence-electron chi connectivity index (χ1n) is 4.55. The van der Waals surface area contributed by atoms with Gasteiger partial charge in [-0.1, -0.05) is 21.8 Å². The quantitative estimate of drug-likeness (QED) is 0.498. The molecule has 0 aliphatic carbocycles. The van der Waals surface area contributed by atoms with Crippen molar-refractivity contribution in [2.75, 3.05) is 12.3 Å². The van der Waals surface area contributed by atoms with E-state index in [4.69, 9.17) is 34.8 Å². The molecule has 0 fully saturated rings. The number of halogens is 3. The second-order valence-corrected chi connectivity index (χ2v) is 8.96. The fourth-order valence-corrected chi connectivity index (χ4v) is 4.97. The van der Waals surface area contributed by atoms with Crippen LogP contribution in [0.1, 0.15) is 27.7 Å². The van der Waals surface area contributed by atoms with Crippen molar-refractivity contribution in [3.05, 3.63) is 0 Å². The average Bonchev–Trinajstić information content (AvgIpc) is 1.96. The summed E-state index contributed by atoms with van der Waals surface area (Å²) in [7, 11) is -0.143. The molecule has 3 unspecified atom stereocenters. The van der Waals surface area contributed by atoms with Gasteiger partial charge in [-0.15, -0.1) is 34.8 Å². The number of alkyl halides is 3. The van der Waals surface area contributed by atoms with E-state index in [-0.39, 0.29) is 13.3 Å². The van der Waals surface area contributed by atoms with E-state index in [1.165, 1.54) is 0 Å². The average molecular weight is 264 g/mol. The van der Waals surface area contributed by atoms with Gasteiger partial charge >= 0.3 is 0 Å². The van der Waals surface area contributed by atoms with Gasteiger partial charge in [-0.25, -0.2) is 0 Å². The van der Waals surface area contributed by atoms with E-state index in [0.717, 1.165) is 12.3 Å². The predicted octanol–water partition coefficient (Wildman–Crippen LogP) is 4.70. The van der Waals surface area contributed by atoms with Gasteiger partial charge in [-0.05, 0) is 26.2 Å². The van der Waals surface area contributed by atoms with Crippen LogP contribution in [0.2, 0.25) is 0 Å². The standard InChI is InChI=1S/C9H18Cl3P/c1-5-13(6-7(2)10)8(3)9(4,11)12/h7-8H,5-6H2,1-4H3. The van der Waals surface area contributed by atoms with Crippen LogP contribution >= 0.6 is 42.7 Å². The van der Waals surface area contributed by atoms with E-state index < -0.39 is 4.33 Å². The maximum atomic E-state index is 6.08. The van der Waals surface area contributed by atoms with Crippen LogP contribution in [0.15, 0.2) is 0 Å². The third kappa shape index (κ3) is 5.67. The van der Waals surface area contributed by atoms with Crippen molar-refractivity contribution in [2.45, 2.75) is 43.1 Å². The number of hydrogen-bond acceptors (Lipinski definition) is 0. The highest BCUT2D eigenvalue weighted by atomic mass is 35.5. The van der Waals surface area contributed by atoms with Crippen molar-refractivity contribution >= 4 is 42.7 Å². The Morgan fingerprint density at radius 1 is 1.31 bits per heavy atom. The molecule has 0 aromatic rings. The molecule has 0 radical (unpaired) electrons. The molecule has 0 nitrogen and oxygen atoms in total. The Balaban J connectivity index is 4.23. The molecule has 0 saturated heterocycles. The Labute approximate surface area is 98.1 Å². The highest BCUT2D eigenvalue weighted by molar-refractivity contribution is 7.58. The van der Waals surface area contributed by atoms with Crippen LogP contribution in [0.3, 0.4) is 0 Å². The van der Waals surface area contributed by atoms with Gasteiger partial charge in [0.05, 0.1) is 0 Å². The fourth-order valence-electron chi connectivity index (χ4n) is 1.20. The monoisotopic (exact) mass is 262 g/mol. The Morgan fingerprint density at radius 2 is 1.77 bits per heavy atom. The van der Waals surface area contributed by atoms with Gasteiger partial charge in [0.15, 0.2) is 0 Å². The highest BCUT2D eigenvalue weighted by Crippen LogP contribution is 2.50. The second-order valence-electron chi connectivity index (χ2n) is 3.50. The molecule has 3 atom stereocenters. The van der Waals surface area contributed by atoms with Gasteiger partial charge in [0, 0.05) is 11.0 Å². The summed E-state index contributed by atoms with van der Waals surface area (Å²) in [6, 6.07) is 0. The van der Waals surface area contributed by atoms with Gasteiger partial charge in [0.25, 0.3) is 0 Å². The minimum Gasteiger partial charge on any atom is -0.123 e. The Morgan fingerprint density at radius 3 is 2.00 bits per heavy atom. The summed E-state index contributed by atoms with van der Waals surface area (Å²) < 4.78 is -0.618. The highest BCUT2D eigenvalue weighted by Gasteiger charge is 2.31. The minimum absolute atomic E-state index is 0.143. The molecular formula is C9H18Cl3P. The zero-order valence-electron chi connectivity index (χ0n) is 8.65. The summed E-state index contributed by atoms with van der Waals surface area (Å²) in [4.78, 5) is 0. The largest absolute Gasteiger partial charge is 0.123 e. The van der Waals surface area contributed by atoms with Gasteiger partial charge in [0.1, 0.15) is 4.33 Å². The fraction of sp³-hybridized carbons (Fsp3) is 1.00. The molecule has 0 rings (SSSR count). The summed E-state index contributed by atoms with van der Waals surface area (Å²) in [5.41, 5.74) is 0.344. The van der Waals surface area contributed by atoms with Crippen molar-refractivity contribution in [2.24, 2.45) is 0 Å². The van der Waals surface area contributed by atoms with Crippen molar-refractivity contribution in [3.8, 4) is 0 Å².